The second-order valence-corrected chi connectivity index (χ2v) is 6.04. The highest BCUT2D eigenvalue weighted by molar-refractivity contribution is 5.69. The Balaban J connectivity index is 2.02. The van der Waals surface area contributed by atoms with E-state index in [1.165, 1.54) is 11.1 Å². The first-order valence-electron chi connectivity index (χ1n) is 7.97. The number of carboxylic acid groups (broad SMARTS) is 1. The molecule has 0 saturated carbocycles. The van der Waals surface area contributed by atoms with Crippen LogP contribution in [0.15, 0.2) is 54.7 Å². The standard InChI is InChI=1S/C20H20N2O2/c1-14-3-7-16(8-4-14)20-17(9-12-19(23)24)13-22(21-20)18-10-5-15(2)6-11-18/h3-8,10-11,13H,9,12H2,1-2H3,(H,23,24). The Bertz CT molecular complexity index is 846. The molecule has 0 bridgehead atoms. The molecule has 0 radical (unpaired) electrons. The number of carbonyl (C=O) groups is 1. The minimum Gasteiger partial charge on any atom is -0.481 e. The molecular weight excluding hydrogens is 300 g/mol. The van der Waals surface area contributed by atoms with Gasteiger partial charge in [-0.3, -0.25) is 4.79 Å². The summed E-state index contributed by atoms with van der Waals surface area (Å²) in [6.45, 7) is 4.09. The largest absolute Gasteiger partial charge is 0.481 e. The number of aliphatic carboxylic acids is 1. The van der Waals surface area contributed by atoms with Crippen molar-refractivity contribution < 1.29 is 9.90 Å². The summed E-state index contributed by atoms with van der Waals surface area (Å²) in [6.07, 6.45) is 2.49. The van der Waals surface area contributed by atoms with Crippen LogP contribution in [0.1, 0.15) is 23.1 Å². The van der Waals surface area contributed by atoms with E-state index in [0.29, 0.717) is 6.42 Å². The molecule has 0 spiro atoms. The summed E-state index contributed by atoms with van der Waals surface area (Å²) in [6, 6.07) is 16.3. The van der Waals surface area contributed by atoms with Crippen LogP contribution in [0.2, 0.25) is 0 Å². The summed E-state index contributed by atoms with van der Waals surface area (Å²) in [5.74, 6) is -0.798. The summed E-state index contributed by atoms with van der Waals surface area (Å²) < 4.78 is 1.83. The van der Waals surface area contributed by atoms with Gasteiger partial charge in [-0.25, -0.2) is 4.68 Å². The minimum absolute atomic E-state index is 0.0957. The average Bonchev–Trinajstić information content (AvgIpc) is 2.98. The topological polar surface area (TPSA) is 55.1 Å². The van der Waals surface area contributed by atoms with Gasteiger partial charge in [-0.2, -0.15) is 5.10 Å². The molecule has 0 aliphatic heterocycles. The van der Waals surface area contributed by atoms with Gasteiger partial charge in [-0.15, -0.1) is 0 Å². The van der Waals surface area contributed by atoms with Crippen molar-refractivity contribution in [1.29, 1.82) is 0 Å². The number of hydrogen-bond acceptors (Lipinski definition) is 2. The molecule has 122 valence electrons. The van der Waals surface area contributed by atoms with Crippen molar-refractivity contribution in [2.75, 3.05) is 0 Å². The van der Waals surface area contributed by atoms with Crippen LogP contribution in [0.4, 0.5) is 0 Å². The lowest BCUT2D eigenvalue weighted by Gasteiger charge is -2.02. The predicted octanol–water partition coefficient (Wildman–Crippen LogP) is 4.17. The van der Waals surface area contributed by atoms with Gasteiger partial charge in [-0.1, -0.05) is 47.5 Å². The molecule has 0 aliphatic rings. The molecule has 1 aromatic heterocycles. The zero-order chi connectivity index (χ0) is 17.1. The Labute approximate surface area is 141 Å². The average molecular weight is 320 g/mol. The van der Waals surface area contributed by atoms with Gasteiger partial charge in [0.1, 0.15) is 0 Å². The second kappa shape index (κ2) is 6.71. The van der Waals surface area contributed by atoms with E-state index < -0.39 is 5.97 Å². The van der Waals surface area contributed by atoms with Gasteiger partial charge in [-0.05, 0) is 38.0 Å². The van der Waals surface area contributed by atoms with Gasteiger partial charge in [0, 0.05) is 18.2 Å². The highest BCUT2D eigenvalue weighted by Crippen LogP contribution is 2.25. The molecule has 3 aromatic rings. The van der Waals surface area contributed by atoms with Crippen LogP contribution in [-0.4, -0.2) is 20.9 Å². The van der Waals surface area contributed by atoms with E-state index in [4.69, 9.17) is 10.2 Å². The second-order valence-electron chi connectivity index (χ2n) is 6.04. The lowest BCUT2D eigenvalue weighted by molar-refractivity contribution is -0.136. The van der Waals surface area contributed by atoms with Crippen molar-refractivity contribution >= 4 is 5.97 Å². The SMILES string of the molecule is Cc1ccc(-c2nn(-c3ccc(C)cc3)cc2CCC(=O)O)cc1. The van der Waals surface area contributed by atoms with Crippen molar-refractivity contribution in [3.05, 3.63) is 71.4 Å². The molecule has 1 heterocycles. The predicted molar refractivity (Wildman–Crippen MR) is 94.4 cm³/mol. The van der Waals surface area contributed by atoms with Gasteiger partial charge >= 0.3 is 5.97 Å². The highest BCUT2D eigenvalue weighted by atomic mass is 16.4. The van der Waals surface area contributed by atoms with Gasteiger partial charge in [0.05, 0.1) is 11.4 Å². The lowest BCUT2D eigenvalue weighted by atomic mass is 10.0. The van der Waals surface area contributed by atoms with Crippen LogP contribution < -0.4 is 0 Å². The van der Waals surface area contributed by atoms with E-state index in [-0.39, 0.29) is 6.42 Å². The summed E-state index contributed by atoms with van der Waals surface area (Å²) in [7, 11) is 0. The third-order valence-corrected chi connectivity index (χ3v) is 4.02. The third-order valence-electron chi connectivity index (χ3n) is 4.02. The Morgan fingerprint density at radius 1 is 1.00 bits per heavy atom. The van der Waals surface area contributed by atoms with E-state index >= 15 is 0 Å². The van der Waals surface area contributed by atoms with Gasteiger partial charge in [0.25, 0.3) is 0 Å². The molecule has 2 aromatic carbocycles. The number of aromatic nitrogens is 2. The number of aryl methyl sites for hydroxylation is 3. The number of carboxylic acids is 1. The van der Waals surface area contributed by atoms with E-state index in [2.05, 4.69) is 0 Å². The molecule has 0 fully saturated rings. The summed E-state index contributed by atoms with van der Waals surface area (Å²) >= 11 is 0. The van der Waals surface area contributed by atoms with Gasteiger partial charge < -0.3 is 5.11 Å². The monoisotopic (exact) mass is 320 g/mol. The summed E-state index contributed by atoms with van der Waals surface area (Å²) in [5, 5.41) is 13.7. The van der Waals surface area contributed by atoms with Crippen molar-refractivity contribution in [2.45, 2.75) is 26.7 Å². The van der Waals surface area contributed by atoms with E-state index in [9.17, 15) is 4.79 Å². The molecule has 0 saturated heterocycles. The number of nitrogens with zero attached hydrogens (tertiary/aromatic N) is 2. The maximum atomic E-state index is 11.0. The molecule has 0 atom stereocenters. The van der Waals surface area contributed by atoms with Crippen molar-refractivity contribution in [1.82, 2.24) is 9.78 Å². The fourth-order valence-corrected chi connectivity index (χ4v) is 2.62. The van der Waals surface area contributed by atoms with Crippen molar-refractivity contribution in [3.63, 3.8) is 0 Å². The molecule has 4 nitrogen and oxygen atoms in total. The molecule has 4 heteroatoms. The van der Waals surface area contributed by atoms with Gasteiger partial charge in [0.15, 0.2) is 0 Å². The Morgan fingerprint density at radius 3 is 2.17 bits per heavy atom. The quantitative estimate of drug-likeness (QED) is 0.767. The maximum absolute atomic E-state index is 11.0. The highest BCUT2D eigenvalue weighted by Gasteiger charge is 2.13. The van der Waals surface area contributed by atoms with E-state index in [0.717, 1.165) is 22.5 Å². The zero-order valence-corrected chi connectivity index (χ0v) is 13.9. The molecule has 1 N–H and O–H groups in total. The zero-order valence-electron chi connectivity index (χ0n) is 13.9. The van der Waals surface area contributed by atoms with E-state index in [1.54, 1.807) is 0 Å². The van der Waals surface area contributed by atoms with Crippen LogP contribution in [0, 0.1) is 13.8 Å². The molecule has 0 aliphatic carbocycles. The smallest absolute Gasteiger partial charge is 0.303 e. The van der Waals surface area contributed by atoms with Gasteiger partial charge in [0.2, 0.25) is 0 Å². The lowest BCUT2D eigenvalue weighted by Crippen LogP contribution is -1.97. The Hall–Kier alpha value is -2.88. The number of benzene rings is 2. The molecule has 0 amide bonds. The fourth-order valence-electron chi connectivity index (χ4n) is 2.62. The normalized spacial score (nSPS) is 10.8. The van der Waals surface area contributed by atoms with Crippen LogP contribution in [0.25, 0.3) is 16.9 Å². The first kappa shape index (κ1) is 16.0. The Kier molecular flexibility index (Phi) is 4.47. The molecule has 24 heavy (non-hydrogen) atoms. The number of rotatable bonds is 5. The third kappa shape index (κ3) is 3.54. The van der Waals surface area contributed by atoms with Crippen LogP contribution in [0.3, 0.4) is 0 Å². The summed E-state index contributed by atoms with van der Waals surface area (Å²) in [4.78, 5) is 11.0. The minimum atomic E-state index is -0.798. The fraction of sp³-hybridized carbons (Fsp3) is 0.200. The van der Waals surface area contributed by atoms with E-state index in [1.807, 2.05) is 73.3 Å². The summed E-state index contributed by atoms with van der Waals surface area (Å²) in [5.41, 5.74) is 6.14. The van der Waals surface area contributed by atoms with Crippen molar-refractivity contribution in [2.24, 2.45) is 0 Å². The van der Waals surface area contributed by atoms with Crippen LogP contribution >= 0.6 is 0 Å². The molecule has 3 rings (SSSR count). The number of hydrogen-bond donors (Lipinski definition) is 1. The molecule has 0 unspecified atom stereocenters. The molecular formula is C20H20N2O2. The first-order chi connectivity index (χ1) is 11.5. The Morgan fingerprint density at radius 2 is 1.58 bits per heavy atom. The van der Waals surface area contributed by atoms with Crippen LogP contribution in [-0.2, 0) is 11.2 Å². The first-order valence-corrected chi connectivity index (χ1v) is 7.97. The van der Waals surface area contributed by atoms with Crippen molar-refractivity contribution in [3.8, 4) is 16.9 Å². The van der Waals surface area contributed by atoms with Crippen LogP contribution in [0.5, 0.6) is 0 Å². The maximum Gasteiger partial charge on any atom is 0.303 e.